The zero-order valence-electron chi connectivity index (χ0n) is 9.48. The van der Waals surface area contributed by atoms with Crippen molar-refractivity contribution in [2.45, 2.75) is 4.90 Å². The highest BCUT2D eigenvalue weighted by Gasteiger charge is 2.15. The van der Waals surface area contributed by atoms with Gasteiger partial charge in [0.2, 0.25) is 0 Å². The first-order chi connectivity index (χ1) is 7.55. The minimum absolute atomic E-state index is 0.109. The van der Waals surface area contributed by atoms with Gasteiger partial charge in [-0.15, -0.1) is 0 Å². The number of ether oxygens (including phenoxy) is 2. The number of rotatable bonds is 5. The van der Waals surface area contributed by atoms with Crippen molar-refractivity contribution in [3.63, 3.8) is 0 Å². The summed E-state index contributed by atoms with van der Waals surface area (Å²) in [6, 6.07) is 4.51. The summed E-state index contributed by atoms with van der Waals surface area (Å²) >= 11 is 0. The molecule has 6 heteroatoms. The molecule has 0 bridgehead atoms. The predicted molar refractivity (Wildman–Crippen MR) is 60.7 cm³/mol. The van der Waals surface area contributed by atoms with E-state index in [1.54, 1.807) is 13.1 Å². The van der Waals surface area contributed by atoms with Gasteiger partial charge in [0.1, 0.15) is 5.88 Å². The fourth-order valence-electron chi connectivity index (χ4n) is 1.28. The van der Waals surface area contributed by atoms with Crippen molar-refractivity contribution < 1.29 is 17.9 Å². The minimum atomic E-state index is -3.31. The Morgan fingerprint density at radius 3 is 2.31 bits per heavy atom. The van der Waals surface area contributed by atoms with Gasteiger partial charge in [0, 0.05) is 6.07 Å². The maximum absolute atomic E-state index is 11.7. The number of benzene rings is 1. The normalized spacial score (nSPS) is 11.2. The molecule has 5 nitrogen and oxygen atoms in total. The van der Waals surface area contributed by atoms with E-state index < -0.39 is 9.84 Å². The molecule has 0 saturated heterocycles. The van der Waals surface area contributed by atoms with Crippen LogP contribution in [0.2, 0.25) is 0 Å². The fraction of sp³-hybridized carbons (Fsp3) is 0.400. The summed E-state index contributed by atoms with van der Waals surface area (Å²) in [6.07, 6.45) is 0. The molecule has 0 aliphatic carbocycles. The SMILES string of the molecule is CNCS(=O)(=O)c1ccc(OC)c(OC)c1. The molecule has 0 saturated carbocycles. The summed E-state index contributed by atoms with van der Waals surface area (Å²) in [4.78, 5) is 0.208. The smallest absolute Gasteiger partial charge is 0.191 e. The number of hydrogen-bond donors (Lipinski definition) is 1. The van der Waals surface area contributed by atoms with E-state index in [-0.39, 0.29) is 10.8 Å². The quantitative estimate of drug-likeness (QED) is 0.825. The topological polar surface area (TPSA) is 64.6 Å². The highest BCUT2D eigenvalue weighted by atomic mass is 32.2. The zero-order valence-corrected chi connectivity index (χ0v) is 10.3. The van der Waals surface area contributed by atoms with Crippen LogP contribution in [0.25, 0.3) is 0 Å². The Labute approximate surface area is 95.3 Å². The van der Waals surface area contributed by atoms with Gasteiger partial charge in [-0.2, -0.15) is 0 Å². The predicted octanol–water partition coefficient (Wildman–Crippen LogP) is 0.654. The van der Waals surface area contributed by atoms with Crippen molar-refractivity contribution in [2.75, 3.05) is 27.1 Å². The number of hydrogen-bond acceptors (Lipinski definition) is 5. The number of methoxy groups -OCH3 is 2. The molecule has 0 heterocycles. The minimum Gasteiger partial charge on any atom is -0.493 e. The van der Waals surface area contributed by atoms with Gasteiger partial charge >= 0.3 is 0 Å². The third kappa shape index (κ3) is 2.65. The highest BCUT2D eigenvalue weighted by molar-refractivity contribution is 7.91. The largest absolute Gasteiger partial charge is 0.493 e. The lowest BCUT2D eigenvalue weighted by molar-refractivity contribution is 0.354. The van der Waals surface area contributed by atoms with E-state index in [9.17, 15) is 8.42 Å². The summed E-state index contributed by atoms with van der Waals surface area (Å²) in [6.45, 7) is 0. The van der Waals surface area contributed by atoms with Crippen LogP contribution in [0.4, 0.5) is 0 Å². The molecular formula is C10H15NO4S. The maximum Gasteiger partial charge on any atom is 0.191 e. The van der Waals surface area contributed by atoms with Gasteiger partial charge in [0.25, 0.3) is 0 Å². The van der Waals surface area contributed by atoms with E-state index in [0.29, 0.717) is 11.5 Å². The maximum atomic E-state index is 11.7. The molecule has 0 aliphatic rings. The van der Waals surface area contributed by atoms with Crippen molar-refractivity contribution in [2.24, 2.45) is 0 Å². The van der Waals surface area contributed by atoms with Crippen LogP contribution in [0.1, 0.15) is 0 Å². The molecule has 0 atom stereocenters. The van der Waals surface area contributed by atoms with Gasteiger partial charge < -0.3 is 14.8 Å². The van der Waals surface area contributed by atoms with E-state index in [1.165, 1.54) is 26.4 Å². The fourth-order valence-corrected chi connectivity index (χ4v) is 2.39. The summed E-state index contributed by atoms with van der Waals surface area (Å²) in [5, 5.41) is 2.61. The molecule has 0 amide bonds. The summed E-state index contributed by atoms with van der Waals surface area (Å²) in [5.74, 6) is 0.799. The monoisotopic (exact) mass is 245 g/mol. The van der Waals surface area contributed by atoms with Gasteiger partial charge in [-0.25, -0.2) is 8.42 Å². The third-order valence-corrected chi connectivity index (χ3v) is 3.69. The first kappa shape index (κ1) is 12.8. The lowest BCUT2D eigenvalue weighted by atomic mass is 10.3. The zero-order chi connectivity index (χ0) is 12.2. The van der Waals surface area contributed by atoms with Crippen molar-refractivity contribution in [1.82, 2.24) is 5.32 Å². The van der Waals surface area contributed by atoms with Gasteiger partial charge in [-0.1, -0.05) is 0 Å². The first-order valence-electron chi connectivity index (χ1n) is 4.64. The van der Waals surface area contributed by atoms with Crippen molar-refractivity contribution in [3.05, 3.63) is 18.2 Å². The first-order valence-corrected chi connectivity index (χ1v) is 6.29. The molecule has 90 valence electrons. The summed E-state index contributed by atoms with van der Waals surface area (Å²) < 4.78 is 33.6. The molecule has 16 heavy (non-hydrogen) atoms. The molecule has 1 rings (SSSR count). The summed E-state index contributed by atoms with van der Waals surface area (Å²) in [5.41, 5.74) is 0. The average molecular weight is 245 g/mol. The Bertz CT molecular complexity index is 456. The molecule has 1 N–H and O–H groups in total. The number of nitrogens with one attached hydrogen (secondary N) is 1. The van der Waals surface area contributed by atoms with Crippen LogP contribution in [-0.2, 0) is 9.84 Å². The van der Waals surface area contributed by atoms with Crippen LogP contribution in [0.3, 0.4) is 0 Å². The van der Waals surface area contributed by atoms with Gasteiger partial charge in [0.15, 0.2) is 21.3 Å². The molecule has 0 radical (unpaired) electrons. The van der Waals surface area contributed by atoms with E-state index in [1.807, 2.05) is 0 Å². The second kappa shape index (κ2) is 5.18. The highest BCUT2D eigenvalue weighted by Crippen LogP contribution is 2.29. The summed E-state index contributed by atoms with van der Waals surface area (Å²) in [7, 11) is 1.23. The Morgan fingerprint density at radius 1 is 1.19 bits per heavy atom. The van der Waals surface area contributed by atoms with Crippen molar-refractivity contribution >= 4 is 9.84 Å². The van der Waals surface area contributed by atoms with Gasteiger partial charge in [0.05, 0.1) is 19.1 Å². The molecule has 0 spiro atoms. The van der Waals surface area contributed by atoms with Crippen LogP contribution in [0.5, 0.6) is 11.5 Å². The second-order valence-corrected chi connectivity index (χ2v) is 5.12. The Morgan fingerprint density at radius 2 is 1.81 bits per heavy atom. The molecule has 0 aliphatic heterocycles. The van der Waals surface area contributed by atoms with Crippen LogP contribution in [0.15, 0.2) is 23.1 Å². The standard InChI is InChI=1S/C10H15NO4S/c1-11-7-16(12,13)8-4-5-9(14-2)10(6-8)15-3/h4-6,11H,7H2,1-3H3. The van der Waals surface area contributed by atoms with Crippen LogP contribution < -0.4 is 14.8 Å². The van der Waals surface area contributed by atoms with E-state index in [4.69, 9.17) is 9.47 Å². The molecule has 1 aromatic carbocycles. The lowest BCUT2D eigenvalue weighted by Crippen LogP contribution is -2.19. The molecule has 0 aromatic heterocycles. The van der Waals surface area contributed by atoms with Crippen LogP contribution in [0, 0.1) is 0 Å². The van der Waals surface area contributed by atoms with Crippen LogP contribution >= 0.6 is 0 Å². The van der Waals surface area contributed by atoms with Gasteiger partial charge in [-0.05, 0) is 19.2 Å². The molecule has 1 aromatic rings. The third-order valence-electron chi connectivity index (χ3n) is 2.05. The van der Waals surface area contributed by atoms with E-state index >= 15 is 0 Å². The molecule has 0 fully saturated rings. The second-order valence-electron chi connectivity index (χ2n) is 3.13. The van der Waals surface area contributed by atoms with E-state index in [0.717, 1.165) is 0 Å². The van der Waals surface area contributed by atoms with Gasteiger partial charge in [-0.3, -0.25) is 0 Å². The molecular weight excluding hydrogens is 230 g/mol. The van der Waals surface area contributed by atoms with Crippen molar-refractivity contribution in [1.29, 1.82) is 0 Å². The molecule has 0 unspecified atom stereocenters. The Hall–Kier alpha value is -1.27. The van der Waals surface area contributed by atoms with Crippen molar-refractivity contribution in [3.8, 4) is 11.5 Å². The Kier molecular flexibility index (Phi) is 4.14. The lowest BCUT2D eigenvalue weighted by Gasteiger charge is -2.09. The van der Waals surface area contributed by atoms with Crippen LogP contribution in [-0.4, -0.2) is 35.6 Å². The van der Waals surface area contributed by atoms with E-state index in [2.05, 4.69) is 5.32 Å². The number of sulfone groups is 1. The average Bonchev–Trinajstić information content (AvgIpc) is 2.28. The Balaban J connectivity index is 3.18.